The Morgan fingerprint density at radius 1 is 0.560 bits per heavy atom. The summed E-state index contributed by atoms with van der Waals surface area (Å²) in [5.74, 6) is 0.0925. The lowest BCUT2D eigenvalue weighted by atomic mass is 10.0. The fourth-order valence-corrected chi connectivity index (χ4v) is 4.07. The summed E-state index contributed by atoms with van der Waals surface area (Å²) >= 11 is 3.35. The second kappa shape index (κ2) is 19.0. The first-order valence-electron chi connectivity index (χ1n) is 10.7. The molecule has 0 rings (SSSR count). The molecule has 0 fully saturated rings. The van der Waals surface area contributed by atoms with Crippen LogP contribution in [0.4, 0.5) is 0 Å². The highest BCUT2D eigenvalue weighted by atomic mass is 32.3. The fraction of sp³-hybridized carbons (Fsp3) is 1.00. The predicted octanol–water partition coefficient (Wildman–Crippen LogP) is 7.22. The van der Waals surface area contributed by atoms with E-state index in [-0.39, 0.29) is 5.75 Å². The van der Waals surface area contributed by atoms with E-state index in [9.17, 15) is 8.42 Å². The summed E-state index contributed by atoms with van der Waals surface area (Å²) in [4.78, 5) is 0. The summed E-state index contributed by atoms with van der Waals surface area (Å²) < 4.78 is 26.3. The minimum Gasteiger partial charge on any atom is -0.201 e. The Morgan fingerprint density at radius 3 is 1.12 bits per heavy atom. The van der Waals surface area contributed by atoms with Crippen molar-refractivity contribution in [2.24, 2.45) is 0 Å². The maximum Gasteiger partial charge on any atom is 0.277 e. The van der Waals surface area contributed by atoms with E-state index < -0.39 is 10.1 Å². The number of rotatable bonds is 20. The molecular formula is C20H42O3S2. The first kappa shape index (κ1) is 25.3. The second-order valence-corrected chi connectivity index (χ2v) is 9.47. The molecule has 0 radical (unpaired) electrons. The molecule has 0 amide bonds. The van der Waals surface area contributed by atoms with Crippen molar-refractivity contribution in [2.45, 2.75) is 122 Å². The third-order valence-electron chi connectivity index (χ3n) is 4.86. The zero-order chi connectivity index (χ0) is 18.6. The molecule has 0 aromatic heterocycles. The summed E-state index contributed by atoms with van der Waals surface area (Å²) in [5.41, 5.74) is 0. The Morgan fingerprint density at radius 2 is 0.840 bits per heavy atom. The van der Waals surface area contributed by atoms with Crippen molar-refractivity contribution in [3.63, 3.8) is 0 Å². The van der Waals surface area contributed by atoms with Crippen molar-refractivity contribution < 1.29 is 12.0 Å². The van der Waals surface area contributed by atoms with Crippen LogP contribution < -0.4 is 0 Å². The Bertz CT molecular complexity index is 356. The summed E-state index contributed by atoms with van der Waals surface area (Å²) in [6.45, 7) is 2.27. The third kappa shape index (κ3) is 20.4. The van der Waals surface area contributed by atoms with Gasteiger partial charge in [-0.2, -0.15) is 8.42 Å². The normalized spacial score (nSPS) is 11.9. The monoisotopic (exact) mass is 394 g/mol. The van der Waals surface area contributed by atoms with Crippen LogP contribution in [-0.2, 0) is 13.7 Å². The number of thiol groups is 1. The van der Waals surface area contributed by atoms with Gasteiger partial charge in [0.2, 0.25) is 0 Å². The second-order valence-electron chi connectivity index (χ2n) is 7.35. The van der Waals surface area contributed by atoms with Gasteiger partial charge in [-0.25, -0.2) is 3.63 Å². The molecule has 0 aliphatic carbocycles. The van der Waals surface area contributed by atoms with Crippen LogP contribution in [0, 0.1) is 0 Å². The maximum atomic E-state index is 11.1. The maximum absolute atomic E-state index is 11.1. The molecule has 3 nitrogen and oxygen atoms in total. The van der Waals surface area contributed by atoms with Gasteiger partial charge in [0.25, 0.3) is 10.1 Å². The van der Waals surface area contributed by atoms with Gasteiger partial charge in [-0.1, -0.05) is 116 Å². The minimum absolute atomic E-state index is 0.0925. The molecule has 5 heteroatoms. The highest BCUT2D eigenvalue weighted by Crippen LogP contribution is 2.14. The average molecular weight is 395 g/mol. The molecule has 25 heavy (non-hydrogen) atoms. The molecule has 0 aromatic carbocycles. The lowest BCUT2D eigenvalue weighted by Gasteiger charge is -2.04. The molecule has 0 aromatic rings. The highest BCUT2D eigenvalue weighted by Gasteiger charge is 2.07. The molecule has 0 atom stereocenters. The largest absolute Gasteiger partial charge is 0.277 e. The van der Waals surface area contributed by atoms with Crippen LogP contribution in [0.2, 0.25) is 0 Å². The Balaban J connectivity index is 3.07. The first-order chi connectivity index (χ1) is 12.1. The standard InChI is InChI=1S/C20H42O3S2/c1-2-3-4-5-6-7-8-9-10-11-12-13-14-15-16-17-18-19-20-25(21,22)23-24/h24H,2-20H2,1H3. The molecular weight excluding hydrogens is 352 g/mol. The average Bonchev–Trinajstić information content (AvgIpc) is 2.60. The smallest absolute Gasteiger partial charge is 0.201 e. The van der Waals surface area contributed by atoms with Crippen molar-refractivity contribution in [3.05, 3.63) is 0 Å². The van der Waals surface area contributed by atoms with E-state index in [4.69, 9.17) is 0 Å². The summed E-state index contributed by atoms with van der Waals surface area (Å²) in [7, 11) is -3.38. The number of unbranched alkanes of at least 4 members (excludes halogenated alkanes) is 17. The first-order valence-corrected chi connectivity index (χ1v) is 12.6. The van der Waals surface area contributed by atoms with Gasteiger partial charge in [0.05, 0.1) is 5.75 Å². The predicted molar refractivity (Wildman–Crippen MR) is 113 cm³/mol. The van der Waals surface area contributed by atoms with Gasteiger partial charge < -0.3 is 0 Å². The summed E-state index contributed by atoms with van der Waals surface area (Å²) in [5, 5.41) is 0. The molecule has 0 unspecified atom stereocenters. The van der Waals surface area contributed by atoms with E-state index in [2.05, 4.69) is 23.5 Å². The number of hydrogen-bond donors (Lipinski definition) is 1. The van der Waals surface area contributed by atoms with Crippen LogP contribution in [0.25, 0.3) is 0 Å². The van der Waals surface area contributed by atoms with Crippen LogP contribution in [0.1, 0.15) is 122 Å². The van der Waals surface area contributed by atoms with Gasteiger partial charge in [0, 0.05) is 0 Å². The summed E-state index contributed by atoms with van der Waals surface area (Å²) in [6.07, 6.45) is 23.5. The van der Waals surface area contributed by atoms with Crippen LogP contribution in [0.5, 0.6) is 0 Å². The van der Waals surface area contributed by atoms with Crippen molar-refractivity contribution in [1.82, 2.24) is 0 Å². The van der Waals surface area contributed by atoms with Gasteiger partial charge in [-0.15, -0.1) is 0 Å². The topological polar surface area (TPSA) is 43.4 Å². The molecule has 0 aliphatic heterocycles. The van der Waals surface area contributed by atoms with E-state index >= 15 is 0 Å². The van der Waals surface area contributed by atoms with E-state index in [1.807, 2.05) is 0 Å². The van der Waals surface area contributed by atoms with Crippen LogP contribution >= 0.6 is 12.9 Å². The highest BCUT2D eigenvalue weighted by molar-refractivity contribution is 7.95. The Labute approximate surface area is 163 Å². The molecule has 152 valence electrons. The van der Waals surface area contributed by atoms with Crippen molar-refractivity contribution in [3.8, 4) is 0 Å². The Kier molecular flexibility index (Phi) is 19.2. The van der Waals surface area contributed by atoms with Gasteiger partial charge in [0.1, 0.15) is 0 Å². The lowest BCUT2D eigenvalue weighted by molar-refractivity contribution is 0.512. The zero-order valence-corrected chi connectivity index (χ0v) is 18.2. The van der Waals surface area contributed by atoms with Gasteiger partial charge >= 0.3 is 0 Å². The number of hydrogen-bond acceptors (Lipinski definition) is 4. The zero-order valence-electron chi connectivity index (χ0n) is 16.5. The molecule has 0 bridgehead atoms. The van der Waals surface area contributed by atoms with Crippen molar-refractivity contribution in [2.75, 3.05) is 5.75 Å². The van der Waals surface area contributed by atoms with E-state index in [0.717, 1.165) is 12.8 Å². The Hall–Kier alpha value is 0.260. The van der Waals surface area contributed by atoms with Crippen LogP contribution in [0.3, 0.4) is 0 Å². The molecule has 0 saturated heterocycles. The minimum atomic E-state index is -3.38. The molecule has 0 aliphatic rings. The molecule has 0 saturated carbocycles. The van der Waals surface area contributed by atoms with E-state index in [0.29, 0.717) is 6.42 Å². The van der Waals surface area contributed by atoms with E-state index in [1.165, 1.54) is 96.3 Å². The molecule has 0 N–H and O–H groups in total. The molecule has 0 spiro atoms. The lowest BCUT2D eigenvalue weighted by Crippen LogP contribution is -2.04. The van der Waals surface area contributed by atoms with Crippen molar-refractivity contribution in [1.29, 1.82) is 0 Å². The summed E-state index contributed by atoms with van der Waals surface area (Å²) in [6, 6.07) is 0. The quantitative estimate of drug-likeness (QED) is 0.135. The van der Waals surface area contributed by atoms with Crippen molar-refractivity contribution >= 4 is 23.0 Å². The van der Waals surface area contributed by atoms with Crippen LogP contribution in [-0.4, -0.2) is 14.2 Å². The molecule has 0 heterocycles. The van der Waals surface area contributed by atoms with E-state index in [1.54, 1.807) is 0 Å². The SMILES string of the molecule is CCCCCCCCCCCCCCCCCCCCS(=O)(=O)OS. The van der Waals surface area contributed by atoms with Gasteiger partial charge in [-0.05, 0) is 19.3 Å². The third-order valence-corrected chi connectivity index (χ3v) is 6.56. The van der Waals surface area contributed by atoms with Crippen LogP contribution in [0.15, 0.2) is 0 Å². The fourth-order valence-electron chi connectivity index (χ4n) is 3.22. The van der Waals surface area contributed by atoms with Gasteiger partial charge in [0.15, 0.2) is 0 Å². The van der Waals surface area contributed by atoms with Gasteiger partial charge in [-0.3, -0.25) is 0 Å².